The molecule has 1 saturated carbocycles. The van der Waals surface area contributed by atoms with Crippen molar-refractivity contribution in [3.8, 4) is 0 Å². The molecule has 12 heteroatoms. The van der Waals surface area contributed by atoms with Gasteiger partial charge < -0.3 is 15.0 Å². The summed E-state index contributed by atoms with van der Waals surface area (Å²) in [6.07, 6.45) is 3.11. The lowest BCUT2D eigenvalue weighted by atomic mass is 10.0. The van der Waals surface area contributed by atoms with Gasteiger partial charge in [-0.15, -0.1) is 10.2 Å². The van der Waals surface area contributed by atoms with Gasteiger partial charge in [-0.3, -0.25) is 9.69 Å². The maximum atomic E-state index is 14.9. The summed E-state index contributed by atoms with van der Waals surface area (Å²) in [6, 6.07) is 2.34. The molecule has 1 aromatic carbocycles. The highest BCUT2D eigenvalue weighted by atomic mass is 19.1. The number of hydrogen-bond donors (Lipinski definition) is 1. The van der Waals surface area contributed by atoms with E-state index in [1.807, 2.05) is 0 Å². The van der Waals surface area contributed by atoms with Gasteiger partial charge in [0.05, 0.1) is 24.8 Å². The maximum absolute atomic E-state index is 14.9. The molecule has 5 rings (SSSR count). The molecule has 1 aliphatic carbocycles. The molecular formula is C20H23F2N7O3. The van der Waals surface area contributed by atoms with E-state index in [1.54, 1.807) is 4.90 Å². The second-order valence-electron chi connectivity index (χ2n) is 8.37. The van der Waals surface area contributed by atoms with E-state index in [0.29, 0.717) is 25.9 Å². The van der Waals surface area contributed by atoms with Crippen LogP contribution < -0.4 is 15.1 Å². The van der Waals surface area contributed by atoms with E-state index in [-0.39, 0.29) is 42.3 Å². The third kappa shape index (κ3) is 4.08. The summed E-state index contributed by atoms with van der Waals surface area (Å²) in [5.41, 5.74) is -0.0222. The Morgan fingerprint density at radius 1 is 1.16 bits per heavy atom. The lowest BCUT2D eigenvalue weighted by Gasteiger charge is -2.33. The number of hydrogen-bond acceptors (Lipinski definition) is 7. The van der Waals surface area contributed by atoms with Crippen molar-refractivity contribution >= 4 is 23.4 Å². The molecule has 2 aliphatic heterocycles. The fourth-order valence-corrected chi connectivity index (χ4v) is 4.22. The van der Waals surface area contributed by atoms with Crippen LogP contribution >= 0.6 is 0 Å². The molecule has 2 aromatic rings. The van der Waals surface area contributed by atoms with Crippen LogP contribution in [0.25, 0.3) is 0 Å². The van der Waals surface area contributed by atoms with Gasteiger partial charge in [0.1, 0.15) is 11.8 Å². The molecule has 2 saturated heterocycles. The van der Waals surface area contributed by atoms with Crippen LogP contribution in [0.1, 0.15) is 31.7 Å². The molecule has 0 spiro atoms. The molecule has 0 radical (unpaired) electrons. The maximum Gasteiger partial charge on any atom is 0.414 e. The molecule has 170 valence electrons. The lowest BCUT2D eigenvalue weighted by molar-refractivity contribution is -0.122. The Bertz CT molecular complexity index is 984. The van der Waals surface area contributed by atoms with Crippen LogP contribution in [0.3, 0.4) is 0 Å². The van der Waals surface area contributed by atoms with Crippen LogP contribution in [-0.2, 0) is 9.53 Å². The number of ether oxygens (including phenoxy) is 1. The molecule has 0 unspecified atom stereocenters. The second-order valence-corrected chi connectivity index (χ2v) is 8.37. The van der Waals surface area contributed by atoms with Crippen molar-refractivity contribution in [3.63, 3.8) is 0 Å². The minimum Gasteiger partial charge on any atom is -0.442 e. The van der Waals surface area contributed by atoms with Gasteiger partial charge in [-0.25, -0.2) is 13.6 Å². The minimum atomic E-state index is -0.740. The van der Waals surface area contributed by atoms with Gasteiger partial charge in [0, 0.05) is 31.1 Å². The van der Waals surface area contributed by atoms with E-state index in [0.717, 1.165) is 25.0 Å². The highest BCUT2D eigenvalue weighted by molar-refractivity contribution is 5.90. The lowest BCUT2D eigenvalue weighted by Crippen LogP contribution is -2.36. The largest absolute Gasteiger partial charge is 0.442 e. The van der Waals surface area contributed by atoms with Gasteiger partial charge in [-0.2, -0.15) is 4.80 Å². The number of tetrazole rings is 1. The van der Waals surface area contributed by atoms with Crippen molar-refractivity contribution in [2.24, 2.45) is 5.92 Å². The van der Waals surface area contributed by atoms with Crippen LogP contribution in [-0.4, -0.2) is 64.5 Å². The van der Waals surface area contributed by atoms with E-state index in [1.165, 1.54) is 16.0 Å². The number of carbonyl (C=O) groups is 2. The number of nitrogens with zero attached hydrogens (tertiary/aromatic N) is 6. The number of nitrogens with one attached hydrogen (secondary N) is 1. The summed E-state index contributed by atoms with van der Waals surface area (Å²) >= 11 is 0. The fourth-order valence-electron chi connectivity index (χ4n) is 4.22. The predicted octanol–water partition coefficient (Wildman–Crippen LogP) is 1.64. The summed E-state index contributed by atoms with van der Waals surface area (Å²) in [5, 5.41) is 14.4. The van der Waals surface area contributed by atoms with E-state index in [2.05, 4.69) is 20.7 Å². The topological polar surface area (TPSA) is 105 Å². The summed E-state index contributed by atoms with van der Waals surface area (Å²) in [4.78, 5) is 28.4. The van der Waals surface area contributed by atoms with Gasteiger partial charge in [0.25, 0.3) is 0 Å². The minimum absolute atomic E-state index is 0.0378. The predicted molar refractivity (Wildman–Crippen MR) is 108 cm³/mol. The van der Waals surface area contributed by atoms with Crippen LogP contribution in [0.4, 0.5) is 25.0 Å². The Hall–Kier alpha value is -3.31. The van der Waals surface area contributed by atoms with Crippen molar-refractivity contribution in [2.45, 2.75) is 37.8 Å². The molecule has 3 fully saturated rings. The molecule has 10 nitrogen and oxygen atoms in total. The standard InChI is InChI=1S/C20H23F2N7O3/c21-16-7-14(28-10-15(32-20(28)31)9-23-19(30)12-1-2-12)8-17(22)18(16)27-5-3-13(4-6-27)29-25-11-24-26-29/h7-8,11-13,15H,1-6,9-10H2,(H,23,30)/t15-/m0/s1. The van der Waals surface area contributed by atoms with Gasteiger partial charge >= 0.3 is 6.09 Å². The number of benzene rings is 1. The second kappa shape index (κ2) is 8.32. The Morgan fingerprint density at radius 2 is 1.88 bits per heavy atom. The number of amides is 2. The Balaban J connectivity index is 1.23. The zero-order valence-electron chi connectivity index (χ0n) is 17.3. The van der Waals surface area contributed by atoms with E-state index < -0.39 is 23.8 Å². The van der Waals surface area contributed by atoms with Crippen molar-refractivity contribution in [2.75, 3.05) is 36.0 Å². The highest BCUT2D eigenvalue weighted by Crippen LogP contribution is 2.34. The smallest absolute Gasteiger partial charge is 0.414 e. The summed E-state index contributed by atoms with van der Waals surface area (Å²) in [6.45, 7) is 1.16. The van der Waals surface area contributed by atoms with Gasteiger partial charge in [0.15, 0.2) is 18.0 Å². The Labute approximate surface area is 182 Å². The molecule has 2 amide bonds. The first-order chi connectivity index (χ1) is 15.5. The van der Waals surface area contributed by atoms with E-state index >= 15 is 0 Å². The van der Waals surface area contributed by atoms with Gasteiger partial charge in [-0.1, -0.05) is 0 Å². The molecule has 0 bridgehead atoms. The van der Waals surface area contributed by atoms with Gasteiger partial charge in [0.2, 0.25) is 5.91 Å². The summed E-state index contributed by atoms with van der Waals surface area (Å²) < 4.78 is 35.1. The number of anilines is 2. The van der Waals surface area contributed by atoms with Crippen LogP contribution in [0.2, 0.25) is 0 Å². The number of rotatable bonds is 6. The van der Waals surface area contributed by atoms with Crippen molar-refractivity contribution < 1.29 is 23.1 Å². The SMILES string of the molecule is O=C(NC[C@H]1CN(c2cc(F)c(N3CCC(n4ncnn4)CC3)c(F)c2)C(=O)O1)C1CC1. The first kappa shape index (κ1) is 20.6. The van der Waals surface area contributed by atoms with Crippen molar-refractivity contribution in [1.82, 2.24) is 25.5 Å². The van der Waals surface area contributed by atoms with Crippen molar-refractivity contribution in [1.29, 1.82) is 0 Å². The van der Waals surface area contributed by atoms with E-state index in [9.17, 15) is 18.4 Å². The first-order valence-electron chi connectivity index (χ1n) is 10.7. The zero-order chi connectivity index (χ0) is 22.2. The van der Waals surface area contributed by atoms with Crippen LogP contribution in [0.15, 0.2) is 18.5 Å². The number of halogens is 2. The Kier molecular flexibility index (Phi) is 5.35. The average molecular weight is 447 g/mol. The third-order valence-electron chi connectivity index (χ3n) is 6.11. The van der Waals surface area contributed by atoms with Crippen LogP contribution in [0.5, 0.6) is 0 Å². The van der Waals surface area contributed by atoms with E-state index in [4.69, 9.17) is 4.74 Å². The zero-order valence-corrected chi connectivity index (χ0v) is 17.3. The van der Waals surface area contributed by atoms with Gasteiger partial charge in [-0.05, 0) is 30.9 Å². The molecule has 1 atom stereocenters. The molecule has 3 heterocycles. The number of carbonyl (C=O) groups excluding carboxylic acids is 2. The van der Waals surface area contributed by atoms with Crippen LogP contribution in [0, 0.1) is 17.6 Å². The molecular weight excluding hydrogens is 424 g/mol. The normalized spacial score (nSPS) is 21.7. The average Bonchev–Trinajstić information content (AvgIpc) is 3.35. The molecule has 3 aliphatic rings. The number of cyclic esters (lactones) is 1. The molecule has 1 aromatic heterocycles. The number of aromatic nitrogens is 4. The molecule has 32 heavy (non-hydrogen) atoms. The highest BCUT2D eigenvalue weighted by Gasteiger charge is 2.36. The number of piperidine rings is 1. The monoisotopic (exact) mass is 447 g/mol. The Morgan fingerprint density at radius 3 is 2.50 bits per heavy atom. The first-order valence-corrected chi connectivity index (χ1v) is 10.7. The third-order valence-corrected chi connectivity index (χ3v) is 6.11. The van der Waals surface area contributed by atoms with Crippen molar-refractivity contribution in [3.05, 3.63) is 30.1 Å². The quantitative estimate of drug-likeness (QED) is 0.718. The molecule has 1 N–H and O–H groups in total. The summed E-state index contributed by atoms with van der Waals surface area (Å²) in [7, 11) is 0. The summed E-state index contributed by atoms with van der Waals surface area (Å²) in [5.74, 6) is -1.48. The fraction of sp³-hybridized carbons (Fsp3) is 0.550.